The smallest absolute Gasteiger partial charge is 0.276 e. The Morgan fingerprint density at radius 1 is 1.24 bits per heavy atom. The highest BCUT2D eigenvalue weighted by atomic mass is 16.1. The van der Waals surface area contributed by atoms with Gasteiger partial charge >= 0.3 is 0 Å². The van der Waals surface area contributed by atoms with Crippen LogP contribution < -0.4 is 10.9 Å². The largest absolute Gasteiger partial charge is 0.312 e. The van der Waals surface area contributed by atoms with Crippen molar-refractivity contribution in [3.8, 4) is 0 Å². The number of aryl methyl sites for hydroxylation is 1. The average molecular weight is 288 g/mol. The molecule has 1 fully saturated rings. The van der Waals surface area contributed by atoms with Gasteiger partial charge in [0.15, 0.2) is 0 Å². The van der Waals surface area contributed by atoms with Crippen LogP contribution in [0.15, 0.2) is 23.3 Å². The fourth-order valence-corrected chi connectivity index (χ4v) is 3.20. The van der Waals surface area contributed by atoms with Gasteiger partial charge in [-0.2, -0.15) is 5.10 Å². The van der Waals surface area contributed by atoms with Crippen LogP contribution in [0.2, 0.25) is 0 Å². The lowest BCUT2D eigenvalue weighted by Crippen LogP contribution is -2.33. The molecule has 0 amide bonds. The molecule has 21 heavy (non-hydrogen) atoms. The molecule has 114 valence electrons. The highest BCUT2D eigenvalue weighted by Crippen LogP contribution is 2.16. The third-order valence-corrected chi connectivity index (χ3v) is 4.37. The van der Waals surface area contributed by atoms with Crippen molar-refractivity contribution < 1.29 is 0 Å². The van der Waals surface area contributed by atoms with E-state index >= 15 is 0 Å². The van der Waals surface area contributed by atoms with Gasteiger partial charge in [0.05, 0.1) is 5.69 Å². The van der Waals surface area contributed by atoms with Crippen molar-refractivity contribution in [3.05, 3.63) is 34.5 Å². The Bertz CT molecular complexity index is 650. The zero-order valence-corrected chi connectivity index (χ0v) is 12.7. The summed E-state index contributed by atoms with van der Waals surface area (Å²) in [7, 11) is 0. The number of fused-ring (bicyclic) bond motifs is 1. The van der Waals surface area contributed by atoms with Crippen molar-refractivity contribution in [1.29, 1.82) is 0 Å². The lowest BCUT2D eigenvalue weighted by molar-refractivity contribution is 0.443. The van der Waals surface area contributed by atoms with Crippen molar-refractivity contribution in [2.24, 2.45) is 0 Å². The van der Waals surface area contributed by atoms with Crippen molar-refractivity contribution in [3.63, 3.8) is 0 Å². The maximum Gasteiger partial charge on any atom is 0.276 e. The summed E-state index contributed by atoms with van der Waals surface area (Å²) in [5, 5.41) is 7.88. The maximum absolute atomic E-state index is 12.4. The van der Waals surface area contributed by atoms with Gasteiger partial charge < -0.3 is 9.88 Å². The predicted octanol–water partition coefficient (Wildman–Crippen LogP) is 2.12. The summed E-state index contributed by atoms with van der Waals surface area (Å²) in [5.41, 5.74) is 1.58. The molecule has 0 aliphatic heterocycles. The van der Waals surface area contributed by atoms with Crippen molar-refractivity contribution in [2.75, 3.05) is 6.54 Å². The third kappa shape index (κ3) is 3.35. The first-order valence-corrected chi connectivity index (χ1v) is 8.03. The number of hydrogen-bond donors (Lipinski definition) is 1. The van der Waals surface area contributed by atoms with E-state index in [0.717, 1.165) is 18.8 Å². The van der Waals surface area contributed by atoms with Crippen LogP contribution in [-0.4, -0.2) is 26.8 Å². The second-order valence-electron chi connectivity index (χ2n) is 6.05. The molecule has 0 bridgehead atoms. The number of nitrogens with one attached hydrogen (secondary N) is 1. The summed E-state index contributed by atoms with van der Waals surface area (Å²) >= 11 is 0. The van der Waals surface area contributed by atoms with E-state index in [-0.39, 0.29) is 5.56 Å². The number of hydrogen-bond acceptors (Lipinski definition) is 3. The van der Waals surface area contributed by atoms with E-state index < -0.39 is 0 Å². The number of rotatable bonds is 4. The van der Waals surface area contributed by atoms with Gasteiger partial charge in [0, 0.05) is 31.5 Å². The number of nitrogens with zero attached hydrogens (tertiary/aromatic N) is 3. The lowest BCUT2D eigenvalue weighted by Gasteiger charge is -2.16. The summed E-state index contributed by atoms with van der Waals surface area (Å²) in [6.07, 6.45) is 11.6. The summed E-state index contributed by atoms with van der Waals surface area (Å²) in [4.78, 5) is 12.4. The van der Waals surface area contributed by atoms with Gasteiger partial charge in [-0.15, -0.1) is 0 Å². The molecular formula is C16H24N4O. The molecule has 1 N–H and O–H groups in total. The maximum atomic E-state index is 12.4. The Hall–Kier alpha value is -1.62. The molecule has 0 spiro atoms. The van der Waals surface area contributed by atoms with Gasteiger partial charge in [0.1, 0.15) is 5.52 Å². The summed E-state index contributed by atoms with van der Waals surface area (Å²) in [5.74, 6) is 0. The van der Waals surface area contributed by atoms with E-state index in [0.29, 0.717) is 11.6 Å². The highest BCUT2D eigenvalue weighted by molar-refractivity contribution is 5.44. The van der Waals surface area contributed by atoms with Gasteiger partial charge in [-0.1, -0.05) is 25.7 Å². The van der Waals surface area contributed by atoms with Crippen LogP contribution in [-0.2, 0) is 6.54 Å². The zero-order valence-electron chi connectivity index (χ0n) is 12.7. The first-order chi connectivity index (χ1) is 10.2. The van der Waals surface area contributed by atoms with Crippen LogP contribution in [0, 0.1) is 6.92 Å². The minimum atomic E-state index is 0.0424. The zero-order chi connectivity index (χ0) is 14.7. The first-order valence-electron chi connectivity index (χ1n) is 8.03. The summed E-state index contributed by atoms with van der Waals surface area (Å²) in [6.45, 7) is 3.48. The normalized spacial score (nSPS) is 17.2. The van der Waals surface area contributed by atoms with E-state index in [1.807, 2.05) is 25.4 Å². The predicted molar refractivity (Wildman–Crippen MR) is 83.7 cm³/mol. The molecule has 5 heteroatoms. The van der Waals surface area contributed by atoms with E-state index in [4.69, 9.17) is 0 Å². The summed E-state index contributed by atoms with van der Waals surface area (Å²) in [6, 6.07) is 2.47. The Labute approximate surface area is 125 Å². The van der Waals surface area contributed by atoms with Gasteiger partial charge in [0.2, 0.25) is 0 Å². The van der Waals surface area contributed by atoms with E-state index in [1.165, 1.54) is 38.5 Å². The van der Waals surface area contributed by atoms with Gasteiger partial charge in [-0.05, 0) is 25.8 Å². The Balaban J connectivity index is 1.62. The molecule has 0 unspecified atom stereocenters. The first kappa shape index (κ1) is 14.3. The van der Waals surface area contributed by atoms with Crippen molar-refractivity contribution in [1.82, 2.24) is 19.5 Å². The molecule has 1 aliphatic carbocycles. The van der Waals surface area contributed by atoms with Crippen LogP contribution in [0.3, 0.4) is 0 Å². The Morgan fingerprint density at radius 2 is 2.00 bits per heavy atom. The van der Waals surface area contributed by atoms with Crippen LogP contribution in [0.4, 0.5) is 0 Å². The second-order valence-corrected chi connectivity index (χ2v) is 6.05. The minimum absolute atomic E-state index is 0.0424. The van der Waals surface area contributed by atoms with Crippen LogP contribution in [0.1, 0.15) is 44.2 Å². The second kappa shape index (κ2) is 6.43. The SMILES string of the molecule is Cc1cc2c(=O)n(CCNC3CCCCCC3)ccn2n1. The third-order valence-electron chi connectivity index (χ3n) is 4.37. The highest BCUT2D eigenvalue weighted by Gasteiger charge is 2.11. The molecule has 0 aromatic carbocycles. The van der Waals surface area contributed by atoms with Crippen molar-refractivity contribution in [2.45, 2.75) is 58.0 Å². The molecule has 1 saturated carbocycles. The molecule has 0 saturated heterocycles. The molecule has 1 aliphatic rings. The van der Waals surface area contributed by atoms with Crippen LogP contribution in [0.25, 0.3) is 5.52 Å². The van der Waals surface area contributed by atoms with Gasteiger partial charge in [-0.25, -0.2) is 4.52 Å². The molecule has 5 nitrogen and oxygen atoms in total. The van der Waals surface area contributed by atoms with E-state index in [1.54, 1.807) is 9.08 Å². The fourth-order valence-electron chi connectivity index (χ4n) is 3.20. The van der Waals surface area contributed by atoms with Gasteiger partial charge in [-0.3, -0.25) is 4.79 Å². The van der Waals surface area contributed by atoms with Crippen molar-refractivity contribution >= 4 is 5.52 Å². The van der Waals surface area contributed by atoms with Crippen LogP contribution >= 0.6 is 0 Å². The van der Waals surface area contributed by atoms with E-state index in [2.05, 4.69) is 10.4 Å². The molecule has 2 heterocycles. The standard InChI is InChI=1S/C16H24N4O/c1-13-12-15-16(21)19(10-11-20(15)18-13)9-8-17-14-6-4-2-3-5-7-14/h10-12,14,17H,2-9H2,1H3. The molecule has 2 aromatic heterocycles. The molecular weight excluding hydrogens is 264 g/mol. The topological polar surface area (TPSA) is 51.3 Å². The van der Waals surface area contributed by atoms with Gasteiger partial charge in [0.25, 0.3) is 5.56 Å². The minimum Gasteiger partial charge on any atom is -0.312 e. The lowest BCUT2D eigenvalue weighted by atomic mass is 10.1. The average Bonchev–Trinajstić information content (AvgIpc) is 2.69. The van der Waals surface area contributed by atoms with Crippen LogP contribution in [0.5, 0.6) is 0 Å². The van der Waals surface area contributed by atoms with E-state index in [9.17, 15) is 4.79 Å². The molecule has 0 radical (unpaired) electrons. The fraction of sp³-hybridized carbons (Fsp3) is 0.625. The summed E-state index contributed by atoms with van der Waals surface area (Å²) < 4.78 is 3.44. The molecule has 0 atom stereocenters. The Morgan fingerprint density at radius 3 is 2.76 bits per heavy atom. The molecule has 2 aromatic rings. The monoisotopic (exact) mass is 288 g/mol. The number of aromatic nitrogens is 3. The Kier molecular flexibility index (Phi) is 4.39. The quantitative estimate of drug-likeness (QED) is 0.877. The molecule has 3 rings (SSSR count).